The lowest BCUT2D eigenvalue weighted by molar-refractivity contribution is 0.231. The highest BCUT2D eigenvalue weighted by Gasteiger charge is 2.20. The van der Waals surface area contributed by atoms with Crippen LogP contribution in [0.1, 0.15) is 5.56 Å². The molecule has 1 saturated heterocycles. The van der Waals surface area contributed by atoms with Crippen LogP contribution in [0.25, 0.3) is 0 Å². The van der Waals surface area contributed by atoms with Crippen molar-refractivity contribution in [1.29, 1.82) is 0 Å². The largest absolute Gasteiger partial charge is 0.493 e. The van der Waals surface area contributed by atoms with E-state index in [9.17, 15) is 0 Å². The van der Waals surface area contributed by atoms with Crippen LogP contribution >= 0.6 is 15.9 Å². The highest BCUT2D eigenvalue weighted by molar-refractivity contribution is 9.10. The second kappa shape index (κ2) is 7.15. The SMILES string of the molecule is COc1cc(CN2CCNCC2)c(Br)c(OC)c1OC. The molecular weight excluding hydrogens is 324 g/mol. The monoisotopic (exact) mass is 344 g/mol. The van der Waals surface area contributed by atoms with Gasteiger partial charge in [-0.2, -0.15) is 0 Å². The van der Waals surface area contributed by atoms with E-state index in [1.165, 1.54) is 0 Å². The van der Waals surface area contributed by atoms with E-state index in [1.807, 2.05) is 6.07 Å². The molecular formula is C14H21BrN2O3. The molecule has 0 unspecified atom stereocenters. The molecule has 1 heterocycles. The first-order valence-electron chi connectivity index (χ1n) is 6.61. The molecule has 0 amide bonds. The third-order valence-electron chi connectivity index (χ3n) is 3.45. The van der Waals surface area contributed by atoms with Crippen LogP contribution in [-0.2, 0) is 6.54 Å². The zero-order valence-corrected chi connectivity index (χ0v) is 13.7. The summed E-state index contributed by atoms with van der Waals surface area (Å²) in [6.07, 6.45) is 0. The summed E-state index contributed by atoms with van der Waals surface area (Å²) in [5, 5.41) is 3.36. The second-order valence-electron chi connectivity index (χ2n) is 4.64. The van der Waals surface area contributed by atoms with E-state index in [2.05, 4.69) is 26.1 Å². The second-order valence-corrected chi connectivity index (χ2v) is 5.44. The lowest BCUT2D eigenvalue weighted by atomic mass is 10.1. The minimum absolute atomic E-state index is 0.617. The van der Waals surface area contributed by atoms with Crippen LogP contribution in [0.4, 0.5) is 0 Å². The molecule has 0 atom stereocenters. The van der Waals surface area contributed by atoms with Crippen LogP contribution in [0.3, 0.4) is 0 Å². The molecule has 112 valence electrons. The Balaban J connectivity index is 2.32. The van der Waals surface area contributed by atoms with Gasteiger partial charge in [-0.1, -0.05) is 0 Å². The number of methoxy groups -OCH3 is 3. The number of rotatable bonds is 5. The van der Waals surface area contributed by atoms with Crippen molar-refractivity contribution in [1.82, 2.24) is 10.2 Å². The molecule has 20 heavy (non-hydrogen) atoms. The molecule has 6 heteroatoms. The molecule has 1 aromatic rings. The molecule has 0 aromatic heterocycles. The smallest absolute Gasteiger partial charge is 0.204 e. The lowest BCUT2D eigenvalue weighted by Crippen LogP contribution is -2.42. The van der Waals surface area contributed by atoms with Crippen molar-refractivity contribution in [3.63, 3.8) is 0 Å². The van der Waals surface area contributed by atoms with E-state index < -0.39 is 0 Å². The Morgan fingerprint density at radius 1 is 1.10 bits per heavy atom. The van der Waals surface area contributed by atoms with E-state index >= 15 is 0 Å². The third-order valence-corrected chi connectivity index (χ3v) is 4.32. The van der Waals surface area contributed by atoms with Gasteiger partial charge in [0, 0.05) is 32.7 Å². The Bertz CT molecular complexity index is 462. The number of hydrogen-bond acceptors (Lipinski definition) is 5. The van der Waals surface area contributed by atoms with Gasteiger partial charge < -0.3 is 19.5 Å². The van der Waals surface area contributed by atoms with Crippen molar-refractivity contribution in [2.45, 2.75) is 6.54 Å². The summed E-state index contributed by atoms with van der Waals surface area (Å²) < 4.78 is 17.2. The number of halogens is 1. The lowest BCUT2D eigenvalue weighted by Gasteiger charge is -2.28. The summed E-state index contributed by atoms with van der Waals surface area (Å²) in [5.74, 6) is 1.99. The summed E-state index contributed by atoms with van der Waals surface area (Å²) in [6.45, 7) is 5.01. The number of ether oxygens (including phenoxy) is 3. The predicted octanol–water partition coefficient (Wildman–Crippen LogP) is 1.88. The molecule has 0 aliphatic carbocycles. The van der Waals surface area contributed by atoms with Crippen molar-refractivity contribution in [3.8, 4) is 17.2 Å². The molecule has 0 radical (unpaired) electrons. The summed E-state index contributed by atoms with van der Waals surface area (Å²) in [7, 11) is 4.89. The Kier molecular flexibility index (Phi) is 5.51. The van der Waals surface area contributed by atoms with Gasteiger partial charge in [0.15, 0.2) is 11.5 Å². The normalized spacial score (nSPS) is 16.0. The van der Waals surface area contributed by atoms with Crippen LogP contribution in [0, 0.1) is 0 Å². The fourth-order valence-corrected chi connectivity index (χ4v) is 2.98. The molecule has 2 rings (SSSR count). The van der Waals surface area contributed by atoms with Crippen LogP contribution < -0.4 is 19.5 Å². The fraction of sp³-hybridized carbons (Fsp3) is 0.571. The Morgan fingerprint density at radius 2 is 1.75 bits per heavy atom. The summed E-state index contributed by atoms with van der Waals surface area (Å²) in [4.78, 5) is 2.40. The Hall–Kier alpha value is -0.980. The summed E-state index contributed by atoms with van der Waals surface area (Å²) in [6, 6.07) is 2.01. The highest BCUT2D eigenvalue weighted by Crippen LogP contribution is 2.45. The first-order valence-corrected chi connectivity index (χ1v) is 7.41. The molecule has 1 fully saturated rings. The van der Waals surface area contributed by atoms with Gasteiger partial charge in [0.05, 0.1) is 25.8 Å². The van der Waals surface area contributed by atoms with Gasteiger partial charge in [-0.05, 0) is 27.6 Å². The maximum atomic E-state index is 5.46. The van der Waals surface area contributed by atoms with Gasteiger partial charge >= 0.3 is 0 Å². The minimum atomic E-state index is 0.617. The van der Waals surface area contributed by atoms with Crippen LogP contribution in [-0.4, -0.2) is 52.4 Å². The van der Waals surface area contributed by atoms with Crippen molar-refractivity contribution < 1.29 is 14.2 Å². The molecule has 0 spiro atoms. The van der Waals surface area contributed by atoms with E-state index in [1.54, 1.807) is 21.3 Å². The van der Waals surface area contributed by atoms with Gasteiger partial charge in [-0.15, -0.1) is 0 Å². The highest BCUT2D eigenvalue weighted by atomic mass is 79.9. The maximum Gasteiger partial charge on any atom is 0.204 e. The van der Waals surface area contributed by atoms with Gasteiger partial charge in [0.25, 0.3) is 0 Å². The van der Waals surface area contributed by atoms with Crippen LogP contribution in [0.15, 0.2) is 10.5 Å². The standard InChI is InChI=1S/C14H21BrN2O3/c1-18-11-8-10(9-17-6-4-16-5-7-17)12(15)14(20-3)13(11)19-2/h8,16H,4-7,9H2,1-3H3. The topological polar surface area (TPSA) is 43.0 Å². The van der Waals surface area contributed by atoms with Crippen molar-refractivity contribution in [2.75, 3.05) is 47.5 Å². The first kappa shape index (κ1) is 15.4. The van der Waals surface area contributed by atoms with E-state index in [4.69, 9.17) is 14.2 Å². The molecule has 1 N–H and O–H groups in total. The molecule has 1 aliphatic rings. The summed E-state index contributed by atoms with van der Waals surface area (Å²) in [5.41, 5.74) is 1.14. The number of piperazine rings is 1. The van der Waals surface area contributed by atoms with Gasteiger partial charge in [-0.3, -0.25) is 4.90 Å². The van der Waals surface area contributed by atoms with Gasteiger partial charge in [0.2, 0.25) is 5.75 Å². The quantitative estimate of drug-likeness (QED) is 0.883. The Morgan fingerprint density at radius 3 is 2.30 bits per heavy atom. The average molecular weight is 345 g/mol. The van der Waals surface area contributed by atoms with Gasteiger partial charge in [0.1, 0.15) is 0 Å². The summed E-state index contributed by atoms with van der Waals surface area (Å²) >= 11 is 3.62. The zero-order chi connectivity index (χ0) is 14.5. The first-order chi connectivity index (χ1) is 9.71. The number of benzene rings is 1. The average Bonchev–Trinajstić information content (AvgIpc) is 2.49. The number of hydrogen-bond donors (Lipinski definition) is 1. The molecule has 1 aromatic carbocycles. The molecule has 1 aliphatic heterocycles. The van der Waals surface area contributed by atoms with Crippen molar-refractivity contribution in [3.05, 3.63) is 16.1 Å². The Labute approximate surface area is 128 Å². The molecule has 5 nitrogen and oxygen atoms in total. The predicted molar refractivity (Wildman–Crippen MR) is 81.9 cm³/mol. The fourth-order valence-electron chi connectivity index (χ4n) is 2.40. The van der Waals surface area contributed by atoms with Crippen LogP contribution in [0.2, 0.25) is 0 Å². The number of nitrogens with one attached hydrogen (secondary N) is 1. The zero-order valence-electron chi connectivity index (χ0n) is 12.2. The maximum absolute atomic E-state index is 5.46. The third kappa shape index (κ3) is 3.19. The molecule has 0 saturated carbocycles. The van der Waals surface area contributed by atoms with Crippen LogP contribution in [0.5, 0.6) is 17.2 Å². The molecule has 0 bridgehead atoms. The van der Waals surface area contributed by atoms with Gasteiger partial charge in [-0.25, -0.2) is 0 Å². The van der Waals surface area contributed by atoms with Crippen molar-refractivity contribution in [2.24, 2.45) is 0 Å². The minimum Gasteiger partial charge on any atom is -0.493 e. The van der Waals surface area contributed by atoms with Crippen molar-refractivity contribution >= 4 is 15.9 Å². The van der Waals surface area contributed by atoms with E-state index in [0.717, 1.165) is 42.8 Å². The number of nitrogens with zero attached hydrogens (tertiary/aromatic N) is 1. The van der Waals surface area contributed by atoms with E-state index in [-0.39, 0.29) is 0 Å². The van der Waals surface area contributed by atoms with E-state index in [0.29, 0.717) is 17.2 Å².